The Balaban J connectivity index is 1.65. The molecule has 0 N–H and O–H groups in total. The molecule has 0 spiro atoms. The second-order valence-electron chi connectivity index (χ2n) is 6.78. The molecular weight excluding hydrogens is 401 g/mol. The molecule has 0 bridgehead atoms. The number of thiophene rings is 1. The van der Waals surface area contributed by atoms with Crippen molar-refractivity contribution in [3.8, 4) is 22.2 Å². The van der Waals surface area contributed by atoms with Crippen LogP contribution in [0.1, 0.15) is 30.6 Å². The highest BCUT2D eigenvalue weighted by atomic mass is 32.2. The number of benzene rings is 1. The fourth-order valence-corrected chi connectivity index (χ4v) is 6.32. The first-order valence-corrected chi connectivity index (χ1v) is 11.4. The Hall–Kier alpha value is -2.10. The van der Waals surface area contributed by atoms with Crippen LogP contribution in [0.4, 0.5) is 4.39 Å². The molecule has 0 atom stereocenters. The number of rotatable bonds is 4. The smallest absolute Gasteiger partial charge is 0.268 e. The number of sulfonamides is 1. The van der Waals surface area contributed by atoms with Crippen LogP contribution in [0.5, 0.6) is 0 Å². The van der Waals surface area contributed by atoms with Gasteiger partial charge in [0, 0.05) is 23.5 Å². The van der Waals surface area contributed by atoms with Crippen molar-refractivity contribution in [2.24, 2.45) is 0 Å². The van der Waals surface area contributed by atoms with E-state index in [1.165, 1.54) is 23.5 Å². The molecule has 1 saturated heterocycles. The quantitative estimate of drug-likeness (QED) is 0.621. The Bertz CT molecular complexity index is 1080. The van der Waals surface area contributed by atoms with E-state index in [2.05, 4.69) is 10.1 Å². The molecule has 3 aromatic rings. The lowest BCUT2D eigenvalue weighted by atomic mass is 10.2. The number of nitrogens with zero attached hydrogens (tertiary/aromatic N) is 3. The van der Waals surface area contributed by atoms with Gasteiger partial charge >= 0.3 is 0 Å². The summed E-state index contributed by atoms with van der Waals surface area (Å²) in [5.41, 5.74) is 0.501. The SMILES string of the molecule is Cc1sc(-c2nc(-c3cccc(F)c3)no2)cc1S(=O)(=O)N1CCCCCC1. The van der Waals surface area contributed by atoms with Crippen molar-refractivity contribution in [3.63, 3.8) is 0 Å². The van der Waals surface area contributed by atoms with Gasteiger partial charge in [0.15, 0.2) is 0 Å². The van der Waals surface area contributed by atoms with Gasteiger partial charge in [-0.2, -0.15) is 9.29 Å². The van der Waals surface area contributed by atoms with Gasteiger partial charge in [0.25, 0.3) is 5.89 Å². The lowest BCUT2D eigenvalue weighted by molar-refractivity contribution is 0.423. The van der Waals surface area contributed by atoms with Crippen molar-refractivity contribution in [3.05, 3.63) is 41.0 Å². The van der Waals surface area contributed by atoms with Gasteiger partial charge in [-0.15, -0.1) is 11.3 Å². The molecule has 0 aliphatic carbocycles. The molecule has 148 valence electrons. The predicted molar refractivity (Wildman–Crippen MR) is 105 cm³/mol. The van der Waals surface area contributed by atoms with E-state index in [-0.39, 0.29) is 17.5 Å². The molecule has 4 rings (SSSR count). The lowest BCUT2D eigenvalue weighted by Gasteiger charge is -2.19. The van der Waals surface area contributed by atoms with Gasteiger partial charge in [-0.05, 0) is 38.0 Å². The first kappa shape index (κ1) is 19.2. The molecule has 0 unspecified atom stereocenters. The number of hydrogen-bond donors (Lipinski definition) is 0. The van der Waals surface area contributed by atoms with Gasteiger partial charge in [0.1, 0.15) is 5.82 Å². The molecule has 3 heterocycles. The first-order chi connectivity index (χ1) is 13.4. The molecule has 0 radical (unpaired) electrons. The summed E-state index contributed by atoms with van der Waals surface area (Å²) in [5.74, 6) is 0.101. The van der Waals surface area contributed by atoms with Crippen LogP contribution in [0.15, 0.2) is 39.8 Å². The Morgan fingerprint density at radius 2 is 1.89 bits per heavy atom. The molecule has 0 saturated carbocycles. The highest BCUT2D eigenvalue weighted by Crippen LogP contribution is 2.35. The van der Waals surface area contributed by atoms with Crippen LogP contribution in [0.3, 0.4) is 0 Å². The number of halogens is 1. The maximum Gasteiger partial charge on any atom is 0.268 e. The standard InChI is InChI=1S/C19H20FN3O3S2/c1-13-17(28(24,25)23-9-4-2-3-5-10-23)12-16(27-13)19-21-18(22-26-19)14-7-6-8-15(20)11-14/h6-8,11-12H,2-5,9-10H2,1H3. The van der Waals surface area contributed by atoms with E-state index < -0.39 is 10.0 Å². The maximum atomic E-state index is 13.4. The summed E-state index contributed by atoms with van der Waals surface area (Å²) in [7, 11) is -3.55. The fourth-order valence-electron chi connectivity index (χ4n) is 3.32. The van der Waals surface area contributed by atoms with E-state index in [1.807, 2.05) is 0 Å². The van der Waals surface area contributed by atoms with Crippen molar-refractivity contribution < 1.29 is 17.3 Å². The van der Waals surface area contributed by atoms with Crippen LogP contribution in [0.2, 0.25) is 0 Å². The molecule has 1 aliphatic rings. The first-order valence-electron chi connectivity index (χ1n) is 9.16. The second-order valence-corrected chi connectivity index (χ2v) is 9.95. The zero-order valence-electron chi connectivity index (χ0n) is 15.4. The third-order valence-corrected chi connectivity index (χ3v) is 7.97. The number of aromatic nitrogens is 2. The summed E-state index contributed by atoms with van der Waals surface area (Å²) in [6.45, 7) is 2.89. The van der Waals surface area contributed by atoms with Gasteiger partial charge in [-0.1, -0.05) is 30.1 Å². The van der Waals surface area contributed by atoms with Crippen molar-refractivity contribution in [1.29, 1.82) is 0 Å². The van der Waals surface area contributed by atoms with E-state index in [0.717, 1.165) is 25.7 Å². The van der Waals surface area contributed by atoms with E-state index in [9.17, 15) is 12.8 Å². The molecule has 1 aliphatic heterocycles. The van der Waals surface area contributed by atoms with E-state index in [1.54, 1.807) is 29.4 Å². The van der Waals surface area contributed by atoms with Crippen LogP contribution in [0.25, 0.3) is 22.2 Å². The highest BCUT2D eigenvalue weighted by molar-refractivity contribution is 7.89. The Labute approximate surface area is 167 Å². The molecule has 1 aromatic carbocycles. The minimum Gasteiger partial charge on any atom is -0.333 e. The van der Waals surface area contributed by atoms with E-state index in [0.29, 0.717) is 33.3 Å². The van der Waals surface area contributed by atoms with Gasteiger partial charge < -0.3 is 4.52 Å². The highest BCUT2D eigenvalue weighted by Gasteiger charge is 2.29. The lowest BCUT2D eigenvalue weighted by Crippen LogP contribution is -2.32. The summed E-state index contributed by atoms with van der Waals surface area (Å²) < 4.78 is 46.5. The minimum atomic E-state index is -3.55. The molecule has 2 aromatic heterocycles. The topological polar surface area (TPSA) is 76.3 Å². The Kier molecular flexibility index (Phi) is 5.31. The van der Waals surface area contributed by atoms with Crippen molar-refractivity contribution in [2.45, 2.75) is 37.5 Å². The predicted octanol–water partition coefficient (Wildman–Crippen LogP) is 4.48. The third-order valence-electron chi connectivity index (χ3n) is 4.77. The second kappa shape index (κ2) is 7.73. The molecule has 28 heavy (non-hydrogen) atoms. The van der Waals surface area contributed by atoms with Gasteiger partial charge in [-0.3, -0.25) is 0 Å². The summed E-state index contributed by atoms with van der Waals surface area (Å²) in [4.78, 5) is 5.87. The summed E-state index contributed by atoms with van der Waals surface area (Å²) in [6.07, 6.45) is 3.89. The minimum absolute atomic E-state index is 0.227. The van der Waals surface area contributed by atoms with Crippen LogP contribution in [0, 0.1) is 12.7 Å². The summed E-state index contributed by atoms with van der Waals surface area (Å²) in [6, 6.07) is 7.52. The van der Waals surface area contributed by atoms with Crippen LogP contribution < -0.4 is 0 Å². The molecular formula is C19H20FN3O3S2. The third kappa shape index (κ3) is 3.74. The van der Waals surface area contributed by atoms with Gasteiger partial charge in [0.2, 0.25) is 15.8 Å². The average Bonchev–Trinajstić information content (AvgIpc) is 3.20. The Morgan fingerprint density at radius 3 is 2.61 bits per heavy atom. The number of hydrogen-bond acceptors (Lipinski definition) is 6. The summed E-state index contributed by atoms with van der Waals surface area (Å²) >= 11 is 1.30. The maximum absolute atomic E-state index is 13.4. The van der Waals surface area contributed by atoms with E-state index in [4.69, 9.17) is 4.52 Å². The van der Waals surface area contributed by atoms with Crippen LogP contribution in [-0.4, -0.2) is 36.0 Å². The van der Waals surface area contributed by atoms with Crippen molar-refractivity contribution in [2.75, 3.05) is 13.1 Å². The number of aryl methyl sites for hydroxylation is 1. The van der Waals surface area contributed by atoms with Crippen molar-refractivity contribution >= 4 is 21.4 Å². The van der Waals surface area contributed by atoms with Gasteiger partial charge in [0.05, 0.1) is 9.77 Å². The van der Waals surface area contributed by atoms with Crippen LogP contribution >= 0.6 is 11.3 Å². The zero-order valence-corrected chi connectivity index (χ0v) is 17.0. The Morgan fingerprint density at radius 1 is 1.14 bits per heavy atom. The summed E-state index contributed by atoms with van der Waals surface area (Å²) in [5, 5.41) is 3.90. The van der Waals surface area contributed by atoms with Crippen LogP contribution in [-0.2, 0) is 10.0 Å². The fraction of sp³-hybridized carbons (Fsp3) is 0.368. The van der Waals surface area contributed by atoms with Crippen molar-refractivity contribution in [1.82, 2.24) is 14.4 Å². The molecule has 1 fully saturated rings. The van der Waals surface area contributed by atoms with E-state index >= 15 is 0 Å². The zero-order chi connectivity index (χ0) is 19.7. The molecule has 9 heteroatoms. The molecule has 6 nitrogen and oxygen atoms in total. The largest absolute Gasteiger partial charge is 0.333 e. The monoisotopic (exact) mass is 421 g/mol. The average molecular weight is 422 g/mol. The van der Waals surface area contributed by atoms with Gasteiger partial charge in [-0.25, -0.2) is 12.8 Å². The normalized spacial score (nSPS) is 16.2. The molecule has 0 amide bonds.